The zero-order valence-corrected chi connectivity index (χ0v) is 13.8. The van der Waals surface area contributed by atoms with E-state index >= 15 is 0 Å². The van der Waals surface area contributed by atoms with E-state index in [1.165, 1.54) is 7.11 Å². The highest BCUT2D eigenvalue weighted by Crippen LogP contribution is 2.30. The maximum Gasteiger partial charge on any atom is 0.313 e. The molecule has 1 aromatic carbocycles. The van der Waals surface area contributed by atoms with Gasteiger partial charge < -0.3 is 9.84 Å². The molecule has 0 saturated carbocycles. The van der Waals surface area contributed by atoms with Gasteiger partial charge in [-0.25, -0.2) is 4.98 Å². The Labute approximate surface area is 137 Å². The lowest BCUT2D eigenvalue weighted by Gasteiger charge is -2.15. The third-order valence-corrected chi connectivity index (χ3v) is 3.45. The molecule has 0 bridgehead atoms. The maximum atomic E-state index is 10.6. The van der Waals surface area contributed by atoms with Crippen molar-refractivity contribution in [3.8, 4) is 17.1 Å². The molecule has 0 radical (unpaired) electrons. The van der Waals surface area contributed by atoms with Gasteiger partial charge in [0.1, 0.15) is 11.4 Å². The Morgan fingerprint density at radius 2 is 2.26 bits per heavy atom. The van der Waals surface area contributed by atoms with Crippen molar-refractivity contribution < 1.29 is 19.5 Å². The predicted octanol–water partition coefficient (Wildman–Crippen LogP) is 2.41. The zero-order chi connectivity index (χ0) is 16.8. The van der Waals surface area contributed by atoms with Crippen LogP contribution in [0.25, 0.3) is 11.4 Å². The summed E-state index contributed by atoms with van der Waals surface area (Å²) in [6.45, 7) is 3.87. The number of H-pyrrole nitrogens is 1. The highest BCUT2D eigenvalue weighted by molar-refractivity contribution is 7.99. The summed E-state index contributed by atoms with van der Waals surface area (Å²) in [6.07, 6.45) is 0.0301. The van der Waals surface area contributed by atoms with E-state index in [-0.39, 0.29) is 11.9 Å². The SMILES string of the molecule is CONc1cc(-c2nc(SCC(=O)O)n[nH]2)ccc1OC(C)C. The van der Waals surface area contributed by atoms with Gasteiger partial charge in [0.15, 0.2) is 5.82 Å². The smallest absolute Gasteiger partial charge is 0.313 e. The van der Waals surface area contributed by atoms with Crippen LogP contribution >= 0.6 is 11.8 Å². The first-order valence-corrected chi connectivity index (χ1v) is 7.85. The lowest BCUT2D eigenvalue weighted by Crippen LogP contribution is -2.08. The lowest BCUT2D eigenvalue weighted by atomic mass is 10.2. The fourth-order valence-electron chi connectivity index (χ4n) is 1.79. The fraction of sp³-hybridized carbons (Fsp3) is 0.357. The van der Waals surface area contributed by atoms with Crippen molar-refractivity contribution in [2.75, 3.05) is 18.3 Å². The number of benzene rings is 1. The van der Waals surface area contributed by atoms with Gasteiger partial charge in [-0.2, -0.15) is 0 Å². The summed E-state index contributed by atoms with van der Waals surface area (Å²) in [5.74, 6) is 0.191. The van der Waals surface area contributed by atoms with Crippen LogP contribution in [0, 0.1) is 0 Å². The summed E-state index contributed by atoms with van der Waals surface area (Å²) in [5, 5.41) is 15.8. The maximum absolute atomic E-state index is 10.6. The molecule has 0 aliphatic carbocycles. The number of carboxylic acid groups (broad SMARTS) is 1. The van der Waals surface area contributed by atoms with Gasteiger partial charge in [0.25, 0.3) is 0 Å². The number of aromatic nitrogens is 3. The van der Waals surface area contributed by atoms with E-state index in [1.807, 2.05) is 32.0 Å². The number of anilines is 1. The van der Waals surface area contributed by atoms with E-state index in [0.29, 0.717) is 22.4 Å². The van der Waals surface area contributed by atoms with Gasteiger partial charge in [-0.15, -0.1) is 5.10 Å². The molecule has 0 atom stereocenters. The number of nitrogens with one attached hydrogen (secondary N) is 2. The molecule has 0 aliphatic heterocycles. The molecular formula is C14H18N4O4S. The number of carboxylic acids is 1. The van der Waals surface area contributed by atoms with Crippen molar-refractivity contribution in [1.82, 2.24) is 15.2 Å². The van der Waals surface area contributed by atoms with Crippen LogP contribution in [0.5, 0.6) is 5.75 Å². The van der Waals surface area contributed by atoms with Gasteiger partial charge in [0.05, 0.1) is 19.0 Å². The number of nitrogens with zero attached hydrogens (tertiary/aromatic N) is 2. The summed E-state index contributed by atoms with van der Waals surface area (Å²) in [4.78, 5) is 19.8. The van der Waals surface area contributed by atoms with Crippen LogP contribution in [-0.2, 0) is 9.63 Å². The summed E-state index contributed by atoms with van der Waals surface area (Å²) < 4.78 is 5.70. The molecule has 2 rings (SSSR count). The van der Waals surface area contributed by atoms with E-state index < -0.39 is 5.97 Å². The van der Waals surface area contributed by atoms with Gasteiger partial charge in [0, 0.05) is 5.56 Å². The summed E-state index contributed by atoms with van der Waals surface area (Å²) in [6, 6.07) is 5.46. The van der Waals surface area contributed by atoms with Crippen molar-refractivity contribution in [2.24, 2.45) is 0 Å². The Hall–Kier alpha value is -2.26. The van der Waals surface area contributed by atoms with E-state index in [0.717, 1.165) is 17.3 Å². The normalized spacial score (nSPS) is 10.8. The minimum atomic E-state index is -0.914. The number of hydrogen-bond acceptors (Lipinski definition) is 7. The summed E-state index contributed by atoms with van der Waals surface area (Å²) in [5.41, 5.74) is 4.20. The fourth-order valence-corrected chi connectivity index (χ4v) is 2.31. The van der Waals surface area contributed by atoms with Crippen LogP contribution in [0.15, 0.2) is 23.4 Å². The second kappa shape index (κ2) is 7.84. The minimum Gasteiger partial charge on any atom is -0.489 e. The molecule has 0 amide bonds. The molecular weight excluding hydrogens is 320 g/mol. The van der Waals surface area contributed by atoms with Crippen LogP contribution in [0.4, 0.5) is 5.69 Å². The van der Waals surface area contributed by atoms with Crippen molar-refractivity contribution in [3.05, 3.63) is 18.2 Å². The van der Waals surface area contributed by atoms with Gasteiger partial charge in [0.2, 0.25) is 5.16 Å². The Balaban J connectivity index is 2.22. The van der Waals surface area contributed by atoms with Crippen molar-refractivity contribution in [3.63, 3.8) is 0 Å². The average Bonchev–Trinajstić information content (AvgIpc) is 2.95. The molecule has 2 aromatic rings. The molecule has 124 valence electrons. The molecule has 3 N–H and O–H groups in total. The number of aromatic amines is 1. The number of thioether (sulfide) groups is 1. The van der Waals surface area contributed by atoms with E-state index in [1.54, 1.807) is 0 Å². The Morgan fingerprint density at radius 3 is 2.91 bits per heavy atom. The number of rotatable bonds is 8. The molecule has 8 nitrogen and oxygen atoms in total. The molecule has 0 fully saturated rings. The Morgan fingerprint density at radius 1 is 1.48 bits per heavy atom. The van der Waals surface area contributed by atoms with Gasteiger partial charge in [-0.05, 0) is 32.0 Å². The second-order valence-electron chi connectivity index (χ2n) is 4.83. The van der Waals surface area contributed by atoms with Crippen molar-refractivity contribution in [2.45, 2.75) is 25.1 Å². The van der Waals surface area contributed by atoms with E-state index in [2.05, 4.69) is 20.7 Å². The molecule has 1 aromatic heterocycles. The van der Waals surface area contributed by atoms with Crippen LogP contribution < -0.4 is 10.2 Å². The molecule has 0 aliphatic rings. The monoisotopic (exact) mass is 338 g/mol. The van der Waals surface area contributed by atoms with E-state index in [9.17, 15) is 4.79 Å². The quantitative estimate of drug-likeness (QED) is 0.497. The highest BCUT2D eigenvalue weighted by atomic mass is 32.2. The van der Waals surface area contributed by atoms with Crippen LogP contribution in [0.2, 0.25) is 0 Å². The van der Waals surface area contributed by atoms with Gasteiger partial charge in [-0.1, -0.05) is 11.8 Å². The second-order valence-corrected chi connectivity index (χ2v) is 5.78. The first-order valence-electron chi connectivity index (χ1n) is 6.86. The molecule has 1 heterocycles. The Bertz CT molecular complexity index is 675. The standard InChI is InChI=1S/C14H18N4O4S/c1-8(2)22-11-5-4-9(6-10(11)18-21-3)13-15-14(17-16-13)23-7-12(19)20/h4-6,8,18H,7H2,1-3H3,(H,19,20)(H,15,16,17). The van der Waals surface area contributed by atoms with Crippen LogP contribution in [0.3, 0.4) is 0 Å². The third kappa shape index (κ3) is 4.86. The minimum absolute atomic E-state index is 0.0301. The first-order chi connectivity index (χ1) is 11.0. The van der Waals surface area contributed by atoms with Crippen LogP contribution in [0.1, 0.15) is 13.8 Å². The number of carbonyl (C=O) groups is 1. The van der Waals surface area contributed by atoms with Gasteiger partial charge >= 0.3 is 5.97 Å². The molecule has 23 heavy (non-hydrogen) atoms. The largest absolute Gasteiger partial charge is 0.489 e. The molecule has 0 saturated heterocycles. The number of aliphatic carboxylic acids is 1. The number of ether oxygens (including phenoxy) is 1. The summed E-state index contributed by atoms with van der Waals surface area (Å²) >= 11 is 1.05. The average molecular weight is 338 g/mol. The Kier molecular flexibility index (Phi) is 5.83. The topological polar surface area (TPSA) is 109 Å². The zero-order valence-electron chi connectivity index (χ0n) is 13.0. The molecule has 9 heteroatoms. The van der Waals surface area contributed by atoms with E-state index in [4.69, 9.17) is 14.7 Å². The van der Waals surface area contributed by atoms with Gasteiger partial charge in [-0.3, -0.25) is 20.2 Å². The van der Waals surface area contributed by atoms with Crippen molar-refractivity contribution in [1.29, 1.82) is 0 Å². The molecule has 0 unspecified atom stereocenters. The van der Waals surface area contributed by atoms with Crippen LogP contribution in [-0.4, -0.2) is 45.2 Å². The molecule has 0 spiro atoms. The predicted molar refractivity (Wildman–Crippen MR) is 86.6 cm³/mol. The number of hydrogen-bond donors (Lipinski definition) is 3. The first kappa shape index (κ1) is 17.1. The highest BCUT2D eigenvalue weighted by Gasteiger charge is 2.12. The lowest BCUT2D eigenvalue weighted by molar-refractivity contribution is -0.133. The third-order valence-electron chi connectivity index (χ3n) is 2.62. The summed E-state index contributed by atoms with van der Waals surface area (Å²) in [7, 11) is 1.51. The van der Waals surface area contributed by atoms with Crippen molar-refractivity contribution >= 4 is 23.4 Å².